The Morgan fingerprint density at radius 2 is 1.82 bits per heavy atom. The van der Waals surface area contributed by atoms with Gasteiger partial charge in [0.05, 0.1) is 11.0 Å². The number of benzene rings is 2. The first-order valence-corrected chi connectivity index (χ1v) is 14.2. The van der Waals surface area contributed by atoms with Crippen LogP contribution in [-0.4, -0.2) is 33.5 Å². The number of hydrogen-bond acceptors (Lipinski definition) is 4. The molecule has 11 heteroatoms. The zero-order valence-corrected chi connectivity index (χ0v) is 21.9. The lowest BCUT2D eigenvalue weighted by atomic mass is 9.61. The van der Waals surface area contributed by atoms with Crippen molar-refractivity contribution in [3.63, 3.8) is 0 Å². The number of nitrogens with one attached hydrogen (secondary N) is 1. The number of sulfonamides is 1. The van der Waals surface area contributed by atoms with Crippen LogP contribution < -0.4 is 9.46 Å². The Morgan fingerprint density at radius 3 is 2.54 bits per heavy atom. The minimum atomic E-state index is -4.89. The van der Waals surface area contributed by atoms with Gasteiger partial charge in [-0.2, -0.15) is 0 Å². The molecule has 5 rings (SSSR count). The molecular weight excluding hydrogens is 541 g/mol. The van der Waals surface area contributed by atoms with Gasteiger partial charge in [0.25, 0.3) is 0 Å². The summed E-state index contributed by atoms with van der Waals surface area (Å²) < 4.78 is 105. The molecule has 0 spiro atoms. The van der Waals surface area contributed by atoms with Crippen LogP contribution in [0, 0.1) is 17.2 Å². The number of fused-ring (bicyclic) bond motifs is 2. The highest BCUT2D eigenvalue weighted by molar-refractivity contribution is 7.89. The van der Waals surface area contributed by atoms with Crippen molar-refractivity contribution in [2.45, 2.75) is 61.9 Å². The standard InChI is InChI=1S/C28H28F5NO4S/c1-27-12-10-20(30)15-18(27)3-2-17-14-19(29)4-9-24(17)26(27)25-16-21(11-13-37-25)34-39(35,36)23-7-5-22(6-8-23)38-28(31,32)33/h4-10,12,14-15,18,21,25-26,34H,2-3,11,13,16H2,1H3/t18?,21-,25-,26?,27?/m0/s1. The van der Waals surface area contributed by atoms with E-state index in [-0.39, 0.29) is 35.0 Å². The van der Waals surface area contributed by atoms with Crippen LogP contribution in [0.4, 0.5) is 22.0 Å². The molecule has 5 nitrogen and oxygen atoms in total. The third-order valence-electron chi connectivity index (χ3n) is 7.97. The third-order valence-corrected chi connectivity index (χ3v) is 9.51. The van der Waals surface area contributed by atoms with Gasteiger partial charge in [0.15, 0.2) is 0 Å². The molecule has 0 amide bonds. The molecule has 0 radical (unpaired) electrons. The summed E-state index contributed by atoms with van der Waals surface area (Å²) in [5.74, 6) is -1.67. The second-order valence-corrected chi connectivity index (χ2v) is 12.2. The molecule has 0 saturated carbocycles. The monoisotopic (exact) mass is 569 g/mol. The Morgan fingerprint density at radius 1 is 1.08 bits per heavy atom. The van der Waals surface area contributed by atoms with Gasteiger partial charge in [0, 0.05) is 24.0 Å². The lowest BCUT2D eigenvalue weighted by Crippen LogP contribution is -2.47. The first-order chi connectivity index (χ1) is 18.3. The molecule has 1 aliphatic heterocycles. The third kappa shape index (κ3) is 5.90. The molecule has 1 saturated heterocycles. The normalized spacial score (nSPS) is 29.1. The maximum atomic E-state index is 14.3. The van der Waals surface area contributed by atoms with Gasteiger partial charge in [0.1, 0.15) is 17.4 Å². The van der Waals surface area contributed by atoms with Gasteiger partial charge in [-0.15, -0.1) is 13.2 Å². The number of allylic oxidation sites excluding steroid dienone is 4. The largest absolute Gasteiger partial charge is 0.573 e. The van der Waals surface area contributed by atoms with Crippen molar-refractivity contribution in [3.8, 4) is 5.75 Å². The highest BCUT2D eigenvalue weighted by Gasteiger charge is 2.48. The van der Waals surface area contributed by atoms with E-state index < -0.39 is 39.7 Å². The molecule has 2 aromatic carbocycles. The van der Waals surface area contributed by atoms with Crippen LogP contribution in [0.15, 0.2) is 71.4 Å². The Balaban J connectivity index is 1.40. The zero-order chi connectivity index (χ0) is 28.0. The number of alkyl halides is 3. The van der Waals surface area contributed by atoms with Crippen LogP contribution in [0.25, 0.3) is 0 Å². The fraction of sp³-hybridized carbons (Fsp3) is 0.429. The van der Waals surface area contributed by atoms with Crippen LogP contribution in [0.2, 0.25) is 0 Å². The van der Waals surface area contributed by atoms with Gasteiger partial charge in [-0.25, -0.2) is 21.9 Å². The van der Waals surface area contributed by atoms with Gasteiger partial charge >= 0.3 is 6.36 Å². The highest BCUT2D eigenvalue weighted by Crippen LogP contribution is 2.54. The molecule has 0 bridgehead atoms. The zero-order valence-electron chi connectivity index (χ0n) is 21.0. The summed E-state index contributed by atoms with van der Waals surface area (Å²) in [7, 11) is -4.06. The topological polar surface area (TPSA) is 64.6 Å². The Labute approximate surface area is 223 Å². The van der Waals surface area contributed by atoms with E-state index in [0.717, 1.165) is 35.4 Å². The Bertz CT molecular complexity index is 1390. The predicted octanol–water partition coefficient (Wildman–Crippen LogP) is 6.33. The van der Waals surface area contributed by atoms with Crippen LogP contribution >= 0.6 is 0 Å². The molecule has 0 aromatic heterocycles. The summed E-state index contributed by atoms with van der Waals surface area (Å²) in [5.41, 5.74) is 1.17. The molecule has 2 aromatic rings. The Hall–Kier alpha value is -2.76. The summed E-state index contributed by atoms with van der Waals surface area (Å²) in [6.45, 7) is 2.29. The van der Waals surface area contributed by atoms with E-state index in [9.17, 15) is 30.4 Å². The van der Waals surface area contributed by atoms with E-state index in [2.05, 4.69) is 9.46 Å². The minimum absolute atomic E-state index is 0.166. The van der Waals surface area contributed by atoms with Crippen LogP contribution in [0.1, 0.15) is 43.2 Å². The fourth-order valence-corrected chi connectivity index (χ4v) is 7.44. The Kier molecular flexibility index (Phi) is 7.36. The van der Waals surface area contributed by atoms with E-state index in [0.29, 0.717) is 25.7 Å². The lowest BCUT2D eigenvalue weighted by Gasteiger charge is -2.46. The fourth-order valence-electron chi connectivity index (χ4n) is 6.16. The number of halogens is 5. The molecule has 210 valence electrons. The molecule has 39 heavy (non-hydrogen) atoms. The quantitative estimate of drug-likeness (QED) is 0.428. The van der Waals surface area contributed by atoms with Crippen molar-refractivity contribution < 1.29 is 39.8 Å². The molecule has 2 aliphatic carbocycles. The van der Waals surface area contributed by atoms with Crippen molar-refractivity contribution in [1.82, 2.24) is 4.72 Å². The van der Waals surface area contributed by atoms with Crippen molar-refractivity contribution in [2.75, 3.05) is 6.61 Å². The van der Waals surface area contributed by atoms with Crippen molar-refractivity contribution in [3.05, 3.63) is 83.5 Å². The highest BCUT2D eigenvalue weighted by atomic mass is 32.2. The molecule has 3 aliphatic rings. The van der Waals surface area contributed by atoms with E-state index in [1.54, 1.807) is 12.1 Å². The average Bonchev–Trinajstić information content (AvgIpc) is 2.97. The van der Waals surface area contributed by atoms with Gasteiger partial charge in [-0.3, -0.25) is 0 Å². The van der Waals surface area contributed by atoms with Gasteiger partial charge in [-0.1, -0.05) is 19.1 Å². The summed E-state index contributed by atoms with van der Waals surface area (Å²) in [4.78, 5) is -0.196. The second kappa shape index (κ2) is 10.3. The first kappa shape index (κ1) is 27.8. The number of ether oxygens (including phenoxy) is 2. The molecule has 1 fully saturated rings. The maximum Gasteiger partial charge on any atom is 0.573 e. The van der Waals surface area contributed by atoms with Crippen LogP contribution in [-0.2, 0) is 21.2 Å². The van der Waals surface area contributed by atoms with Gasteiger partial charge in [0.2, 0.25) is 10.0 Å². The van der Waals surface area contributed by atoms with Gasteiger partial charge < -0.3 is 9.47 Å². The molecule has 5 atom stereocenters. The summed E-state index contributed by atoms with van der Waals surface area (Å²) in [6.07, 6.45) is 1.42. The smallest absolute Gasteiger partial charge is 0.406 e. The van der Waals surface area contributed by atoms with Crippen molar-refractivity contribution in [1.29, 1.82) is 0 Å². The molecular formula is C28H28F5NO4S. The first-order valence-electron chi connectivity index (χ1n) is 12.7. The van der Waals surface area contributed by atoms with E-state index >= 15 is 0 Å². The predicted molar refractivity (Wildman–Crippen MR) is 134 cm³/mol. The SMILES string of the molecule is CC12C=CC(F)=CC1CCc1cc(F)ccc1C2[C@@H]1C[C@@H](NS(=O)(=O)c2ccc(OC(F)(F)F)cc2)CCO1. The summed E-state index contributed by atoms with van der Waals surface area (Å²) in [5, 5.41) is 0. The minimum Gasteiger partial charge on any atom is -0.406 e. The van der Waals surface area contributed by atoms with Crippen LogP contribution in [0.3, 0.4) is 0 Å². The molecule has 3 unspecified atom stereocenters. The van der Waals surface area contributed by atoms with Crippen molar-refractivity contribution >= 4 is 10.0 Å². The number of rotatable bonds is 5. The average molecular weight is 570 g/mol. The van der Waals surface area contributed by atoms with E-state index in [4.69, 9.17) is 4.74 Å². The van der Waals surface area contributed by atoms with E-state index in [1.165, 1.54) is 18.2 Å². The number of aryl methyl sites for hydroxylation is 1. The van der Waals surface area contributed by atoms with Crippen molar-refractivity contribution in [2.24, 2.45) is 11.3 Å². The van der Waals surface area contributed by atoms with Crippen LogP contribution in [0.5, 0.6) is 5.75 Å². The molecule has 1 N–H and O–H groups in total. The second-order valence-electron chi connectivity index (χ2n) is 10.5. The lowest BCUT2D eigenvalue weighted by molar-refractivity contribution is -0.274. The summed E-state index contributed by atoms with van der Waals surface area (Å²) >= 11 is 0. The molecule has 1 heterocycles. The van der Waals surface area contributed by atoms with E-state index in [1.807, 2.05) is 13.0 Å². The summed E-state index contributed by atoms with van der Waals surface area (Å²) in [6, 6.07) is 8.11. The maximum absolute atomic E-state index is 14.3. The number of hydrogen-bond donors (Lipinski definition) is 1. The van der Waals surface area contributed by atoms with Gasteiger partial charge in [-0.05, 0) is 91.3 Å².